The Morgan fingerprint density at radius 1 is 0.900 bits per heavy atom. The van der Waals surface area contributed by atoms with Gasteiger partial charge in [0, 0.05) is 0 Å². The van der Waals surface area contributed by atoms with Crippen molar-refractivity contribution >= 4 is 0 Å². The van der Waals surface area contributed by atoms with Gasteiger partial charge in [0.05, 0.1) is 0 Å². The minimum Gasteiger partial charge on any atom is -0.330 e. The van der Waals surface area contributed by atoms with Crippen LogP contribution < -0.4 is 5.73 Å². The van der Waals surface area contributed by atoms with Crippen molar-refractivity contribution in [3.63, 3.8) is 0 Å². The predicted octanol–water partition coefficient (Wildman–Crippen LogP) is 5.40. The predicted molar refractivity (Wildman–Crippen MR) is 85.4 cm³/mol. The van der Waals surface area contributed by atoms with Gasteiger partial charge >= 0.3 is 0 Å². The first-order chi connectivity index (χ1) is 9.77. The second-order valence-electron chi connectivity index (χ2n) is 5.75. The smallest absolute Gasteiger partial charge is 0.123 e. The molecule has 1 aromatic rings. The van der Waals surface area contributed by atoms with Crippen molar-refractivity contribution in [2.75, 3.05) is 6.54 Å². The molecule has 1 aromatic carbocycles. The highest BCUT2D eigenvalue weighted by Crippen LogP contribution is 2.22. The van der Waals surface area contributed by atoms with Crippen molar-refractivity contribution < 1.29 is 4.39 Å². The average Bonchev–Trinajstić information content (AvgIpc) is 2.47. The third-order valence-electron chi connectivity index (χ3n) is 4.03. The zero-order valence-electron chi connectivity index (χ0n) is 12.9. The first-order valence-electron chi connectivity index (χ1n) is 8.23. The lowest BCUT2D eigenvalue weighted by atomic mass is 9.93. The quantitative estimate of drug-likeness (QED) is 0.539. The van der Waals surface area contributed by atoms with E-state index in [0.717, 1.165) is 6.42 Å². The lowest BCUT2D eigenvalue weighted by molar-refractivity contribution is 0.532. The Kier molecular flexibility index (Phi) is 9.31. The molecule has 1 atom stereocenters. The maximum atomic E-state index is 12.9. The summed E-state index contributed by atoms with van der Waals surface area (Å²) in [5, 5.41) is 0. The van der Waals surface area contributed by atoms with E-state index < -0.39 is 0 Å². The molecule has 2 heteroatoms. The summed E-state index contributed by atoms with van der Waals surface area (Å²) in [5.74, 6) is 0.215. The molecule has 0 aliphatic rings. The lowest BCUT2D eigenvalue weighted by Gasteiger charge is -2.15. The normalized spacial score (nSPS) is 12.6. The van der Waals surface area contributed by atoms with Crippen molar-refractivity contribution in [1.29, 1.82) is 0 Å². The van der Waals surface area contributed by atoms with Gasteiger partial charge in [-0.15, -0.1) is 0 Å². The largest absolute Gasteiger partial charge is 0.330 e. The number of hydrogen-bond acceptors (Lipinski definition) is 1. The fourth-order valence-electron chi connectivity index (χ4n) is 2.68. The molecular formula is C18H30FN. The maximum absolute atomic E-state index is 12.9. The Labute approximate surface area is 123 Å². The minimum atomic E-state index is -0.170. The standard InChI is InChI=1S/C18H30FN/c1-2-3-4-5-6-7-8-9-10-17(15-20)16-11-13-18(19)14-12-16/h11-14,17H,2-10,15,20H2,1H3. The van der Waals surface area contributed by atoms with E-state index in [1.165, 1.54) is 69.1 Å². The van der Waals surface area contributed by atoms with Crippen molar-refractivity contribution in [3.05, 3.63) is 35.6 Å². The zero-order valence-corrected chi connectivity index (χ0v) is 12.9. The minimum absolute atomic E-state index is 0.170. The molecular weight excluding hydrogens is 249 g/mol. The SMILES string of the molecule is CCCCCCCCCCC(CN)c1ccc(F)cc1. The fraction of sp³-hybridized carbons (Fsp3) is 0.667. The van der Waals surface area contributed by atoms with Crippen LogP contribution in [0.1, 0.15) is 76.2 Å². The summed E-state index contributed by atoms with van der Waals surface area (Å²) in [5.41, 5.74) is 7.02. The molecule has 1 rings (SSSR count). The third-order valence-corrected chi connectivity index (χ3v) is 4.03. The number of rotatable bonds is 11. The molecule has 0 bridgehead atoms. The van der Waals surface area contributed by atoms with Crippen LogP contribution in [-0.4, -0.2) is 6.54 Å². The monoisotopic (exact) mass is 279 g/mol. The van der Waals surface area contributed by atoms with Crippen LogP contribution in [0.25, 0.3) is 0 Å². The van der Waals surface area contributed by atoms with Crippen LogP contribution in [0.5, 0.6) is 0 Å². The number of halogens is 1. The average molecular weight is 279 g/mol. The fourth-order valence-corrected chi connectivity index (χ4v) is 2.68. The van der Waals surface area contributed by atoms with Crippen LogP contribution in [0.3, 0.4) is 0 Å². The molecule has 0 fully saturated rings. The Morgan fingerprint density at radius 2 is 1.45 bits per heavy atom. The molecule has 0 saturated heterocycles. The number of benzene rings is 1. The Bertz CT molecular complexity index is 334. The van der Waals surface area contributed by atoms with E-state index >= 15 is 0 Å². The molecule has 0 spiro atoms. The van der Waals surface area contributed by atoms with Gasteiger partial charge in [0.25, 0.3) is 0 Å². The van der Waals surface area contributed by atoms with Gasteiger partial charge in [-0.25, -0.2) is 4.39 Å². The summed E-state index contributed by atoms with van der Waals surface area (Å²) < 4.78 is 12.9. The first-order valence-corrected chi connectivity index (χ1v) is 8.23. The van der Waals surface area contributed by atoms with Crippen molar-refractivity contribution in [3.8, 4) is 0 Å². The summed E-state index contributed by atoms with van der Waals surface area (Å²) in [7, 11) is 0. The van der Waals surface area contributed by atoms with Crippen molar-refractivity contribution in [2.45, 2.75) is 70.6 Å². The molecule has 0 amide bonds. The van der Waals surface area contributed by atoms with Gasteiger partial charge in [0.1, 0.15) is 5.82 Å². The Balaban J connectivity index is 2.14. The number of hydrogen-bond donors (Lipinski definition) is 1. The summed E-state index contributed by atoms with van der Waals surface area (Å²) >= 11 is 0. The highest BCUT2D eigenvalue weighted by atomic mass is 19.1. The molecule has 0 saturated carbocycles. The highest BCUT2D eigenvalue weighted by molar-refractivity contribution is 5.20. The molecule has 1 unspecified atom stereocenters. The van der Waals surface area contributed by atoms with Gasteiger partial charge in [-0.3, -0.25) is 0 Å². The van der Waals surface area contributed by atoms with Crippen LogP contribution in [-0.2, 0) is 0 Å². The van der Waals surface area contributed by atoms with E-state index in [2.05, 4.69) is 6.92 Å². The molecule has 20 heavy (non-hydrogen) atoms. The van der Waals surface area contributed by atoms with Gasteiger partial charge in [0.2, 0.25) is 0 Å². The molecule has 0 aliphatic carbocycles. The van der Waals surface area contributed by atoms with E-state index in [4.69, 9.17) is 5.73 Å². The topological polar surface area (TPSA) is 26.0 Å². The van der Waals surface area contributed by atoms with Gasteiger partial charge in [-0.05, 0) is 36.6 Å². The van der Waals surface area contributed by atoms with Gasteiger partial charge in [-0.2, -0.15) is 0 Å². The molecule has 2 N–H and O–H groups in total. The van der Waals surface area contributed by atoms with Crippen LogP contribution in [0, 0.1) is 5.82 Å². The summed E-state index contributed by atoms with van der Waals surface area (Å²) in [6.07, 6.45) is 11.8. The highest BCUT2D eigenvalue weighted by Gasteiger charge is 2.09. The third kappa shape index (κ3) is 7.04. The van der Waals surface area contributed by atoms with E-state index in [1.807, 2.05) is 12.1 Å². The summed E-state index contributed by atoms with van der Waals surface area (Å²) in [4.78, 5) is 0. The molecule has 0 radical (unpaired) electrons. The van der Waals surface area contributed by atoms with Gasteiger partial charge in [0.15, 0.2) is 0 Å². The van der Waals surface area contributed by atoms with Crippen molar-refractivity contribution in [1.82, 2.24) is 0 Å². The maximum Gasteiger partial charge on any atom is 0.123 e. The first kappa shape index (κ1) is 17.2. The Hall–Kier alpha value is -0.890. The van der Waals surface area contributed by atoms with Crippen LogP contribution in [0.4, 0.5) is 4.39 Å². The van der Waals surface area contributed by atoms with Crippen LogP contribution >= 0.6 is 0 Å². The van der Waals surface area contributed by atoms with E-state index in [-0.39, 0.29) is 5.82 Å². The Morgan fingerprint density at radius 3 is 2.00 bits per heavy atom. The van der Waals surface area contributed by atoms with Gasteiger partial charge < -0.3 is 5.73 Å². The molecule has 114 valence electrons. The molecule has 0 aromatic heterocycles. The summed E-state index contributed by atoms with van der Waals surface area (Å²) in [6, 6.07) is 6.81. The van der Waals surface area contributed by atoms with Crippen molar-refractivity contribution in [2.24, 2.45) is 5.73 Å². The number of unbranched alkanes of at least 4 members (excludes halogenated alkanes) is 7. The molecule has 0 aliphatic heterocycles. The molecule has 0 heterocycles. The summed E-state index contributed by atoms with van der Waals surface area (Å²) in [6.45, 7) is 2.91. The van der Waals surface area contributed by atoms with E-state index in [0.29, 0.717) is 12.5 Å². The second kappa shape index (κ2) is 10.8. The van der Waals surface area contributed by atoms with Crippen LogP contribution in [0.15, 0.2) is 24.3 Å². The lowest BCUT2D eigenvalue weighted by Crippen LogP contribution is -2.12. The molecule has 1 nitrogen and oxygen atoms in total. The second-order valence-corrected chi connectivity index (χ2v) is 5.75. The van der Waals surface area contributed by atoms with E-state index in [1.54, 1.807) is 0 Å². The zero-order chi connectivity index (χ0) is 14.6. The van der Waals surface area contributed by atoms with E-state index in [9.17, 15) is 4.39 Å². The van der Waals surface area contributed by atoms with Crippen LogP contribution in [0.2, 0.25) is 0 Å². The number of nitrogens with two attached hydrogens (primary N) is 1. The van der Waals surface area contributed by atoms with Gasteiger partial charge in [-0.1, -0.05) is 70.4 Å².